The number of para-hydroxylation sites is 1. The van der Waals surface area contributed by atoms with Crippen LogP contribution in [0.5, 0.6) is 5.75 Å². The van der Waals surface area contributed by atoms with Gasteiger partial charge in [0.2, 0.25) is 5.71 Å². The Labute approximate surface area is 135 Å². The van der Waals surface area contributed by atoms with Crippen molar-refractivity contribution in [1.82, 2.24) is 0 Å². The lowest BCUT2D eigenvalue weighted by atomic mass is 10.0. The molecule has 0 spiro atoms. The number of hydrogen-bond donors (Lipinski definition) is 1. The molecule has 0 radical (unpaired) electrons. The molecule has 0 aromatic heterocycles. The van der Waals surface area contributed by atoms with E-state index in [1.54, 1.807) is 36.4 Å². The molecule has 0 bridgehead atoms. The molecule has 2 rings (SSSR count). The number of benzene rings is 2. The Morgan fingerprint density at radius 1 is 1.00 bits per heavy atom. The van der Waals surface area contributed by atoms with Crippen LogP contribution in [0.2, 0.25) is 0 Å². The fraction of sp³-hybridized carbons (Fsp3) is 0.0625. The summed E-state index contributed by atoms with van der Waals surface area (Å²) < 4.78 is 40.3. The second kappa shape index (κ2) is 7.16. The molecule has 5 nitrogen and oxygen atoms in total. The number of hydrogen-bond acceptors (Lipinski definition) is 5. The quantitative estimate of drug-likeness (QED) is 0.677. The third-order valence-electron chi connectivity index (χ3n) is 2.83. The van der Waals surface area contributed by atoms with Crippen molar-refractivity contribution < 1.29 is 17.9 Å². The molecule has 0 aliphatic rings. The number of rotatable bonds is 4. The number of ether oxygens (including phenoxy) is 1. The van der Waals surface area contributed by atoms with Crippen LogP contribution in [0.25, 0.3) is 11.1 Å². The third kappa shape index (κ3) is 4.49. The van der Waals surface area contributed by atoms with E-state index in [0.29, 0.717) is 16.8 Å². The van der Waals surface area contributed by atoms with Gasteiger partial charge in [-0.15, -0.1) is 13.2 Å². The second-order valence-electron chi connectivity index (χ2n) is 4.41. The van der Waals surface area contributed by atoms with Crippen LogP contribution in [0.1, 0.15) is 0 Å². The van der Waals surface area contributed by atoms with Gasteiger partial charge >= 0.3 is 6.36 Å². The SMILES string of the molecule is N#CC(C#N)=NNc1ccccc1-c1ccc(OC(F)(F)F)cc1. The first kappa shape index (κ1) is 16.8. The van der Waals surface area contributed by atoms with Gasteiger partial charge in [-0.05, 0) is 23.8 Å². The van der Waals surface area contributed by atoms with Crippen LogP contribution < -0.4 is 10.2 Å². The van der Waals surface area contributed by atoms with E-state index in [1.165, 1.54) is 24.3 Å². The van der Waals surface area contributed by atoms with E-state index in [-0.39, 0.29) is 11.5 Å². The van der Waals surface area contributed by atoms with E-state index in [1.807, 2.05) is 0 Å². The number of nitrogens with one attached hydrogen (secondary N) is 1. The van der Waals surface area contributed by atoms with E-state index in [9.17, 15) is 13.2 Å². The zero-order chi connectivity index (χ0) is 17.6. The Balaban J connectivity index is 2.28. The van der Waals surface area contributed by atoms with Gasteiger partial charge in [-0.25, -0.2) is 0 Å². The molecule has 0 heterocycles. The number of halogens is 3. The number of anilines is 1. The molecule has 0 amide bonds. The number of hydrazone groups is 1. The highest BCUT2D eigenvalue weighted by Gasteiger charge is 2.30. The van der Waals surface area contributed by atoms with Crippen molar-refractivity contribution in [3.05, 3.63) is 48.5 Å². The molecule has 8 heteroatoms. The highest BCUT2D eigenvalue weighted by molar-refractivity contribution is 6.10. The molecule has 2 aromatic rings. The van der Waals surface area contributed by atoms with Gasteiger partial charge in [-0.1, -0.05) is 30.3 Å². The van der Waals surface area contributed by atoms with Gasteiger partial charge in [0.25, 0.3) is 0 Å². The minimum atomic E-state index is -4.75. The summed E-state index contributed by atoms with van der Waals surface area (Å²) in [6, 6.07) is 15.4. The van der Waals surface area contributed by atoms with Gasteiger partial charge in [0.05, 0.1) is 5.69 Å². The smallest absolute Gasteiger partial charge is 0.406 e. The van der Waals surface area contributed by atoms with Crippen molar-refractivity contribution in [2.24, 2.45) is 5.10 Å². The van der Waals surface area contributed by atoms with Crippen LogP contribution in [-0.4, -0.2) is 12.1 Å². The topological polar surface area (TPSA) is 81.2 Å². The fourth-order valence-electron chi connectivity index (χ4n) is 1.86. The Morgan fingerprint density at radius 3 is 2.21 bits per heavy atom. The first-order valence-electron chi connectivity index (χ1n) is 6.52. The average Bonchev–Trinajstić information content (AvgIpc) is 2.55. The molecule has 0 fully saturated rings. The number of alkyl halides is 3. The molecule has 0 saturated carbocycles. The van der Waals surface area contributed by atoms with Crippen molar-refractivity contribution in [2.75, 3.05) is 5.43 Å². The molecule has 0 unspecified atom stereocenters. The molecule has 1 N–H and O–H groups in total. The Hall–Kier alpha value is -3.52. The van der Waals surface area contributed by atoms with E-state index in [4.69, 9.17) is 10.5 Å². The van der Waals surface area contributed by atoms with Crippen LogP contribution in [0.4, 0.5) is 18.9 Å². The summed E-state index contributed by atoms with van der Waals surface area (Å²) in [6.45, 7) is 0. The summed E-state index contributed by atoms with van der Waals surface area (Å²) in [5.74, 6) is -0.328. The zero-order valence-corrected chi connectivity index (χ0v) is 12.0. The highest BCUT2D eigenvalue weighted by atomic mass is 19.4. The van der Waals surface area contributed by atoms with Crippen LogP contribution >= 0.6 is 0 Å². The average molecular weight is 330 g/mol. The normalized spacial score (nSPS) is 10.2. The lowest BCUT2D eigenvalue weighted by molar-refractivity contribution is -0.274. The lowest BCUT2D eigenvalue weighted by Crippen LogP contribution is -2.16. The highest BCUT2D eigenvalue weighted by Crippen LogP contribution is 2.30. The Kier molecular flexibility index (Phi) is 5.03. The summed E-state index contributed by atoms with van der Waals surface area (Å²) in [7, 11) is 0. The van der Waals surface area contributed by atoms with Gasteiger partial charge < -0.3 is 4.74 Å². The van der Waals surface area contributed by atoms with E-state index in [0.717, 1.165) is 0 Å². The van der Waals surface area contributed by atoms with Gasteiger partial charge in [0.1, 0.15) is 17.9 Å². The van der Waals surface area contributed by atoms with Crippen LogP contribution in [-0.2, 0) is 0 Å². The maximum Gasteiger partial charge on any atom is 0.573 e. The zero-order valence-electron chi connectivity index (χ0n) is 12.0. The van der Waals surface area contributed by atoms with Crippen LogP contribution in [0.3, 0.4) is 0 Å². The molecule has 0 aliphatic heterocycles. The van der Waals surface area contributed by atoms with Gasteiger partial charge in [0, 0.05) is 5.56 Å². The van der Waals surface area contributed by atoms with E-state index >= 15 is 0 Å². The summed E-state index contributed by atoms with van der Waals surface area (Å²) in [5.41, 5.74) is 3.98. The first-order chi connectivity index (χ1) is 11.4. The number of nitrogens with zero attached hydrogens (tertiary/aromatic N) is 3. The van der Waals surface area contributed by atoms with Crippen molar-refractivity contribution in [2.45, 2.75) is 6.36 Å². The van der Waals surface area contributed by atoms with Crippen molar-refractivity contribution in [3.8, 4) is 29.0 Å². The number of nitriles is 2. The van der Waals surface area contributed by atoms with Crippen LogP contribution in [0, 0.1) is 22.7 Å². The fourth-order valence-corrected chi connectivity index (χ4v) is 1.86. The summed E-state index contributed by atoms with van der Waals surface area (Å²) in [6.07, 6.45) is -4.75. The van der Waals surface area contributed by atoms with Crippen LogP contribution in [0.15, 0.2) is 53.6 Å². The lowest BCUT2D eigenvalue weighted by Gasteiger charge is -2.11. The van der Waals surface area contributed by atoms with E-state index in [2.05, 4.69) is 15.3 Å². The van der Waals surface area contributed by atoms with Crippen molar-refractivity contribution >= 4 is 11.4 Å². The molecule has 120 valence electrons. The maximum absolute atomic E-state index is 12.2. The minimum Gasteiger partial charge on any atom is -0.406 e. The minimum absolute atomic E-state index is 0.328. The molecule has 2 aromatic carbocycles. The Bertz CT molecular complexity index is 814. The standard InChI is InChI=1S/C16H9F3N4O/c17-16(18,19)24-13-7-5-11(6-8-13)14-3-1-2-4-15(14)23-22-12(9-20)10-21/h1-8,23H. The van der Waals surface area contributed by atoms with E-state index < -0.39 is 6.36 Å². The van der Waals surface area contributed by atoms with Crippen molar-refractivity contribution in [1.29, 1.82) is 10.5 Å². The molecule has 0 atom stereocenters. The maximum atomic E-state index is 12.2. The van der Waals surface area contributed by atoms with Gasteiger partial charge in [0.15, 0.2) is 0 Å². The Morgan fingerprint density at radius 2 is 1.62 bits per heavy atom. The molecule has 24 heavy (non-hydrogen) atoms. The molecule has 0 aliphatic carbocycles. The molecular weight excluding hydrogens is 321 g/mol. The van der Waals surface area contributed by atoms with Gasteiger partial charge in [-0.2, -0.15) is 15.6 Å². The third-order valence-corrected chi connectivity index (χ3v) is 2.83. The van der Waals surface area contributed by atoms with Crippen molar-refractivity contribution in [3.63, 3.8) is 0 Å². The summed E-state index contributed by atoms with van der Waals surface area (Å²) >= 11 is 0. The second-order valence-corrected chi connectivity index (χ2v) is 4.41. The largest absolute Gasteiger partial charge is 0.573 e. The molecular formula is C16H9F3N4O. The monoisotopic (exact) mass is 330 g/mol. The predicted octanol–water partition coefficient (Wildman–Crippen LogP) is 4.07. The molecule has 0 saturated heterocycles. The summed E-state index contributed by atoms with van der Waals surface area (Å²) in [4.78, 5) is 0. The van der Waals surface area contributed by atoms with Gasteiger partial charge in [-0.3, -0.25) is 5.43 Å². The first-order valence-corrected chi connectivity index (χ1v) is 6.52. The summed E-state index contributed by atoms with van der Waals surface area (Å²) in [5, 5.41) is 21.0. The predicted molar refractivity (Wildman–Crippen MR) is 80.8 cm³/mol.